The molecule has 0 bridgehead atoms. The Kier molecular flexibility index (Phi) is 3.60. The molecule has 2 aliphatic rings. The molecule has 1 aromatic heterocycles. The molecule has 1 saturated carbocycles. The summed E-state index contributed by atoms with van der Waals surface area (Å²) < 4.78 is 11.1. The normalized spacial score (nSPS) is 25.6. The minimum Gasteiger partial charge on any atom is -0.423 e. The Morgan fingerprint density at radius 1 is 1.40 bits per heavy atom. The van der Waals surface area contributed by atoms with Gasteiger partial charge in [0.1, 0.15) is 0 Å². The van der Waals surface area contributed by atoms with Crippen LogP contribution >= 0.6 is 0 Å². The maximum Gasteiger partial charge on any atom is 0.315 e. The first-order valence-electron chi connectivity index (χ1n) is 7.13. The van der Waals surface area contributed by atoms with Crippen LogP contribution in [0.3, 0.4) is 0 Å². The molecule has 1 atom stereocenters. The van der Waals surface area contributed by atoms with Crippen molar-refractivity contribution in [2.75, 3.05) is 13.2 Å². The van der Waals surface area contributed by atoms with Gasteiger partial charge in [-0.2, -0.15) is 0 Å². The van der Waals surface area contributed by atoms with Gasteiger partial charge in [-0.15, -0.1) is 10.2 Å². The van der Waals surface area contributed by atoms with Gasteiger partial charge in [0.2, 0.25) is 11.8 Å². The number of hydrogen-bond acceptors (Lipinski definition) is 5. The van der Waals surface area contributed by atoms with Gasteiger partial charge in [-0.1, -0.05) is 0 Å². The van der Waals surface area contributed by atoms with Gasteiger partial charge in [0.25, 0.3) is 0 Å². The van der Waals surface area contributed by atoms with E-state index in [4.69, 9.17) is 9.15 Å². The summed E-state index contributed by atoms with van der Waals surface area (Å²) in [7, 11) is 0. The van der Waals surface area contributed by atoms with Gasteiger partial charge in [-0.05, 0) is 32.6 Å². The summed E-state index contributed by atoms with van der Waals surface area (Å²) in [5.41, 5.74) is -0.235. The van der Waals surface area contributed by atoms with E-state index in [1.54, 1.807) is 0 Å². The molecule has 0 radical (unpaired) electrons. The molecule has 1 aromatic rings. The fourth-order valence-corrected chi connectivity index (χ4v) is 2.30. The zero-order valence-corrected chi connectivity index (χ0v) is 11.6. The average molecular weight is 280 g/mol. The molecule has 1 aliphatic carbocycles. The zero-order valence-electron chi connectivity index (χ0n) is 11.6. The molecule has 0 spiro atoms. The van der Waals surface area contributed by atoms with E-state index >= 15 is 0 Å². The minimum absolute atomic E-state index is 0.235. The zero-order chi connectivity index (χ0) is 14.0. The molecule has 3 rings (SSSR count). The van der Waals surface area contributed by atoms with E-state index in [-0.39, 0.29) is 18.2 Å². The molecular weight excluding hydrogens is 260 g/mol. The number of carbonyl (C=O) groups excluding carboxylic acids is 1. The minimum atomic E-state index is -0.243. The topological polar surface area (TPSA) is 89.3 Å². The van der Waals surface area contributed by atoms with Crippen LogP contribution in [0.2, 0.25) is 0 Å². The highest BCUT2D eigenvalue weighted by atomic mass is 16.5. The van der Waals surface area contributed by atoms with Crippen molar-refractivity contribution < 1.29 is 13.9 Å². The van der Waals surface area contributed by atoms with Gasteiger partial charge < -0.3 is 19.8 Å². The molecule has 1 aliphatic heterocycles. The lowest BCUT2D eigenvalue weighted by molar-refractivity contribution is 0.0229. The molecular formula is C13H20N4O3. The van der Waals surface area contributed by atoms with E-state index in [1.807, 2.05) is 6.92 Å². The van der Waals surface area contributed by atoms with E-state index in [1.165, 1.54) is 0 Å². The lowest BCUT2D eigenvalue weighted by Gasteiger charge is -2.23. The van der Waals surface area contributed by atoms with Gasteiger partial charge in [0, 0.05) is 19.1 Å². The second-order valence-corrected chi connectivity index (χ2v) is 5.75. The molecule has 2 heterocycles. The lowest BCUT2D eigenvalue weighted by atomic mass is 10.0. The summed E-state index contributed by atoms with van der Waals surface area (Å²) >= 11 is 0. The number of nitrogens with one attached hydrogen (secondary N) is 2. The SMILES string of the molecule is CC1(CNC(=O)NCc2nnc(C3CC3)o2)CCCO1. The van der Waals surface area contributed by atoms with Crippen LogP contribution in [-0.2, 0) is 11.3 Å². The quantitative estimate of drug-likeness (QED) is 0.849. The van der Waals surface area contributed by atoms with Gasteiger partial charge in [-0.3, -0.25) is 0 Å². The van der Waals surface area contributed by atoms with Crippen molar-refractivity contribution in [2.45, 2.75) is 50.7 Å². The Balaban J connectivity index is 1.39. The van der Waals surface area contributed by atoms with Crippen molar-refractivity contribution in [1.29, 1.82) is 0 Å². The maximum absolute atomic E-state index is 11.7. The molecule has 1 saturated heterocycles. The van der Waals surface area contributed by atoms with Crippen molar-refractivity contribution >= 4 is 6.03 Å². The van der Waals surface area contributed by atoms with Gasteiger partial charge in [-0.25, -0.2) is 4.79 Å². The van der Waals surface area contributed by atoms with Crippen LogP contribution in [0.5, 0.6) is 0 Å². The molecule has 0 aromatic carbocycles. The summed E-state index contributed by atoms with van der Waals surface area (Å²) in [6.45, 7) is 3.55. The molecule has 7 nitrogen and oxygen atoms in total. The van der Waals surface area contributed by atoms with Crippen molar-refractivity contribution in [3.63, 3.8) is 0 Å². The Bertz CT molecular complexity index is 478. The standard InChI is InChI=1S/C13H20N4O3/c1-13(5-2-6-19-13)8-15-12(18)14-7-10-16-17-11(20-10)9-3-4-9/h9H,2-8H2,1H3,(H2,14,15,18). The number of urea groups is 1. The fraction of sp³-hybridized carbons (Fsp3) is 0.769. The average Bonchev–Trinajstić information content (AvgIpc) is 3.02. The predicted molar refractivity (Wildman–Crippen MR) is 70.1 cm³/mol. The van der Waals surface area contributed by atoms with Crippen molar-refractivity contribution in [3.8, 4) is 0 Å². The Morgan fingerprint density at radius 2 is 2.25 bits per heavy atom. The van der Waals surface area contributed by atoms with E-state index in [2.05, 4.69) is 20.8 Å². The number of aromatic nitrogens is 2. The Morgan fingerprint density at radius 3 is 2.95 bits per heavy atom. The van der Waals surface area contributed by atoms with Crippen LogP contribution in [-0.4, -0.2) is 35.0 Å². The third-order valence-electron chi connectivity index (χ3n) is 3.73. The van der Waals surface area contributed by atoms with Crippen LogP contribution < -0.4 is 10.6 Å². The van der Waals surface area contributed by atoms with Crippen molar-refractivity contribution in [1.82, 2.24) is 20.8 Å². The van der Waals surface area contributed by atoms with Crippen molar-refractivity contribution in [3.05, 3.63) is 11.8 Å². The van der Waals surface area contributed by atoms with Crippen LogP contribution in [0.25, 0.3) is 0 Å². The number of carbonyl (C=O) groups is 1. The summed E-state index contributed by atoms with van der Waals surface area (Å²) in [4.78, 5) is 11.7. The molecule has 2 fully saturated rings. The molecule has 20 heavy (non-hydrogen) atoms. The second kappa shape index (κ2) is 5.40. The van der Waals surface area contributed by atoms with Crippen LogP contribution in [0.15, 0.2) is 4.42 Å². The smallest absolute Gasteiger partial charge is 0.315 e. The third kappa shape index (κ3) is 3.27. The lowest BCUT2D eigenvalue weighted by Crippen LogP contribution is -2.44. The van der Waals surface area contributed by atoms with Gasteiger partial charge in [0.05, 0.1) is 12.1 Å². The molecule has 1 unspecified atom stereocenters. The molecule has 110 valence electrons. The van der Waals surface area contributed by atoms with E-state index in [0.29, 0.717) is 24.2 Å². The van der Waals surface area contributed by atoms with E-state index < -0.39 is 0 Å². The Hall–Kier alpha value is -1.63. The first-order chi connectivity index (χ1) is 9.65. The first kappa shape index (κ1) is 13.4. The highest BCUT2D eigenvalue weighted by Gasteiger charge is 2.30. The first-order valence-corrected chi connectivity index (χ1v) is 7.13. The summed E-state index contributed by atoms with van der Waals surface area (Å²) in [6, 6.07) is -0.243. The van der Waals surface area contributed by atoms with Gasteiger partial charge in [0.15, 0.2) is 0 Å². The fourth-order valence-electron chi connectivity index (χ4n) is 2.30. The number of amides is 2. The molecule has 2 N–H and O–H groups in total. The second-order valence-electron chi connectivity index (χ2n) is 5.75. The number of nitrogens with zero attached hydrogens (tertiary/aromatic N) is 2. The van der Waals surface area contributed by atoms with E-state index in [0.717, 1.165) is 32.3 Å². The molecule has 7 heteroatoms. The predicted octanol–water partition coefficient (Wildman–Crippen LogP) is 1.32. The Labute approximate surface area is 117 Å². The molecule has 2 amide bonds. The summed E-state index contributed by atoms with van der Waals surface area (Å²) in [5.74, 6) is 1.57. The van der Waals surface area contributed by atoms with Crippen LogP contribution in [0, 0.1) is 0 Å². The number of ether oxygens (including phenoxy) is 1. The number of rotatable bonds is 5. The highest BCUT2D eigenvalue weighted by molar-refractivity contribution is 5.73. The maximum atomic E-state index is 11.7. The van der Waals surface area contributed by atoms with Gasteiger partial charge >= 0.3 is 6.03 Å². The largest absolute Gasteiger partial charge is 0.423 e. The summed E-state index contributed by atoms with van der Waals surface area (Å²) in [5, 5.41) is 13.4. The monoisotopic (exact) mass is 280 g/mol. The van der Waals surface area contributed by atoms with Crippen LogP contribution in [0.1, 0.15) is 50.3 Å². The number of hydrogen-bond donors (Lipinski definition) is 2. The van der Waals surface area contributed by atoms with E-state index in [9.17, 15) is 4.79 Å². The van der Waals surface area contributed by atoms with Crippen molar-refractivity contribution in [2.24, 2.45) is 0 Å². The third-order valence-corrected chi connectivity index (χ3v) is 3.73. The summed E-state index contributed by atoms with van der Waals surface area (Å²) in [6.07, 6.45) is 4.26. The highest BCUT2D eigenvalue weighted by Crippen LogP contribution is 2.38. The van der Waals surface area contributed by atoms with Crippen LogP contribution in [0.4, 0.5) is 4.79 Å².